The van der Waals surface area contributed by atoms with E-state index in [4.69, 9.17) is 5.11 Å². The molecule has 0 saturated carbocycles. The van der Waals surface area contributed by atoms with Crippen molar-refractivity contribution in [3.8, 4) is 0 Å². The Kier molecular flexibility index (Phi) is 3.51. The molecular formula is C11H19N3O3. The lowest BCUT2D eigenvalue weighted by Crippen LogP contribution is -2.55. The first kappa shape index (κ1) is 12.2. The Morgan fingerprint density at radius 3 is 2.41 bits per heavy atom. The van der Waals surface area contributed by atoms with Gasteiger partial charge in [0.15, 0.2) is 0 Å². The maximum absolute atomic E-state index is 11.9. The van der Waals surface area contributed by atoms with Crippen molar-refractivity contribution in [3.05, 3.63) is 0 Å². The van der Waals surface area contributed by atoms with Crippen molar-refractivity contribution >= 4 is 12.0 Å². The minimum atomic E-state index is -0.854. The Bertz CT molecular complexity index is 313. The van der Waals surface area contributed by atoms with E-state index in [2.05, 4.69) is 0 Å². The number of likely N-dealkylation sites (tertiary alicyclic amines) is 1. The minimum Gasteiger partial charge on any atom is -0.465 e. The van der Waals surface area contributed by atoms with Crippen molar-refractivity contribution in [1.82, 2.24) is 14.7 Å². The molecule has 0 aromatic heterocycles. The van der Waals surface area contributed by atoms with Gasteiger partial charge in [-0.2, -0.15) is 0 Å². The van der Waals surface area contributed by atoms with E-state index >= 15 is 0 Å². The first-order valence-electron chi connectivity index (χ1n) is 6.04. The zero-order valence-corrected chi connectivity index (χ0v) is 10.1. The zero-order valence-electron chi connectivity index (χ0n) is 10.1. The summed E-state index contributed by atoms with van der Waals surface area (Å²) in [5, 5.41) is 8.86. The first-order chi connectivity index (χ1) is 8.08. The maximum atomic E-state index is 11.9. The molecule has 2 rings (SSSR count). The van der Waals surface area contributed by atoms with Crippen LogP contribution < -0.4 is 0 Å². The molecule has 2 aliphatic heterocycles. The molecule has 0 aromatic rings. The summed E-state index contributed by atoms with van der Waals surface area (Å²) in [6.45, 7) is 3.25. The van der Waals surface area contributed by atoms with Gasteiger partial charge < -0.3 is 14.9 Å². The SMILES string of the molecule is CN1CCN(C2CCN(C(=O)O)CC2)C(=O)C1. The molecule has 2 aliphatic rings. The van der Waals surface area contributed by atoms with Crippen LogP contribution in [0.25, 0.3) is 0 Å². The van der Waals surface area contributed by atoms with Gasteiger partial charge >= 0.3 is 6.09 Å². The summed E-state index contributed by atoms with van der Waals surface area (Å²) in [6, 6.07) is 0.229. The average Bonchev–Trinajstić information content (AvgIpc) is 2.29. The number of likely N-dealkylation sites (N-methyl/N-ethyl adjacent to an activating group) is 1. The van der Waals surface area contributed by atoms with E-state index in [-0.39, 0.29) is 11.9 Å². The first-order valence-corrected chi connectivity index (χ1v) is 6.04. The quantitative estimate of drug-likeness (QED) is 0.696. The Labute approximate surface area is 101 Å². The molecule has 6 nitrogen and oxygen atoms in total. The van der Waals surface area contributed by atoms with Crippen molar-refractivity contribution in [2.75, 3.05) is 39.8 Å². The highest BCUT2D eigenvalue weighted by Gasteiger charge is 2.31. The minimum absolute atomic E-state index is 0.174. The van der Waals surface area contributed by atoms with E-state index in [0.717, 1.165) is 25.9 Å². The number of piperazine rings is 1. The van der Waals surface area contributed by atoms with E-state index < -0.39 is 6.09 Å². The molecule has 96 valence electrons. The molecule has 2 heterocycles. The topological polar surface area (TPSA) is 64.1 Å². The number of rotatable bonds is 1. The van der Waals surface area contributed by atoms with Crippen molar-refractivity contribution in [1.29, 1.82) is 0 Å². The smallest absolute Gasteiger partial charge is 0.407 e. The van der Waals surface area contributed by atoms with Crippen LogP contribution in [0.5, 0.6) is 0 Å². The molecule has 0 atom stereocenters. The van der Waals surface area contributed by atoms with Crippen molar-refractivity contribution < 1.29 is 14.7 Å². The number of hydrogen-bond donors (Lipinski definition) is 1. The van der Waals surface area contributed by atoms with Crippen LogP contribution in [0.4, 0.5) is 4.79 Å². The average molecular weight is 241 g/mol. The van der Waals surface area contributed by atoms with Crippen molar-refractivity contribution in [2.45, 2.75) is 18.9 Å². The van der Waals surface area contributed by atoms with Crippen molar-refractivity contribution in [2.24, 2.45) is 0 Å². The van der Waals surface area contributed by atoms with Crippen LogP contribution >= 0.6 is 0 Å². The fraction of sp³-hybridized carbons (Fsp3) is 0.818. The number of carbonyl (C=O) groups is 2. The van der Waals surface area contributed by atoms with E-state index in [1.54, 1.807) is 0 Å². The molecule has 2 saturated heterocycles. The molecule has 2 amide bonds. The maximum Gasteiger partial charge on any atom is 0.407 e. The molecule has 2 fully saturated rings. The normalized spacial score (nSPS) is 24.2. The third kappa shape index (κ3) is 2.69. The van der Waals surface area contributed by atoms with Crippen LogP contribution in [0.3, 0.4) is 0 Å². The van der Waals surface area contributed by atoms with E-state index in [1.807, 2.05) is 16.8 Å². The van der Waals surface area contributed by atoms with Crippen LogP contribution in [-0.2, 0) is 4.79 Å². The molecular weight excluding hydrogens is 222 g/mol. The summed E-state index contributed by atoms with van der Waals surface area (Å²) in [6.07, 6.45) is 0.678. The van der Waals surface area contributed by atoms with Gasteiger partial charge in [-0.15, -0.1) is 0 Å². The van der Waals surface area contributed by atoms with E-state index in [9.17, 15) is 9.59 Å². The Balaban J connectivity index is 1.88. The second-order valence-corrected chi connectivity index (χ2v) is 4.83. The van der Waals surface area contributed by atoms with Gasteiger partial charge in [-0.25, -0.2) is 4.79 Å². The van der Waals surface area contributed by atoms with Gasteiger partial charge in [0.05, 0.1) is 6.54 Å². The van der Waals surface area contributed by atoms with E-state index in [1.165, 1.54) is 4.90 Å². The lowest BCUT2D eigenvalue weighted by molar-refractivity contribution is -0.138. The lowest BCUT2D eigenvalue weighted by atomic mass is 10.0. The van der Waals surface area contributed by atoms with Gasteiger partial charge in [0, 0.05) is 32.2 Å². The molecule has 0 radical (unpaired) electrons. The summed E-state index contributed by atoms with van der Waals surface area (Å²) in [5.41, 5.74) is 0. The molecule has 0 aliphatic carbocycles. The van der Waals surface area contributed by atoms with Crippen LogP contribution in [0.1, 0.15) is 12.8 Å². The molecule has 0 unspecified atom stereocenters. The Hall–Kier alpha value is -1.30. The molecule has 0 spiro atoms. The highest BCUT2D eigenvalue weighted by atomic mass is 16.4. The Morgan fingerprint density at radius 2 is 1.88 bits per heavy atom. The van der Waals surface area contributed by atoms with Crippen LogP contribution in [0.15, 0.2) is 0 Å². The largest absolute Gasteiger partial charge is 0.465 e. The number of nitrogens with zero attached hydrogens (tertiary/aromatic N) is 3. The predicted molar refractivity (Wildman–Crippen MR) is 61.8 cm³/mol. The summed E-state index contributed by atoms with van der Waals surface area (Å²) in [4.78, 5) is 28.0. The van der Waals surface area contributed by atoms with Gasteiger partial charge in [-0.1, -0.05) is 0 Å². The van der Waals surface area contributed by atoms with Crippen LogP contribution in [0, 0.1) is 0 Å². The Morgan fingerprint density at radius 1 is 1.24 bits per heavy atom. The van der Waals surface area contributed by atoms with Gasteiger partial charge in [0.25, 0.3) is 0 Å². The predicted octanol–water partition coefficient (Wildman–Crippen LogP) is -0.0972. The second kappa shape index (κ2) is 4.91. The molecule has 17 heavy (non-hydrogen) atoms. The number of amides is 2. The highest BCUT2D eigenvalue weighted by Crippen LogP contribution is 2.18. The summed E-state index contributed by atoms with van der Waals surface area (Å²) in [7, 11) is 1.95. The van der Waals surface area contributed by atoms with Gasteiger partial charge in [0.2, 0.25) is 5.91 Å². The van der Waals surface area contributed by atoms with Crippen LogP contribution in [0.2, 0.25) is 0 Å². The third-order valence-electron chi connectivity index (χ3n) is 3.62. The summed E-state index contributed by atoms with van der Waals surface area (Å²) < 4.78 is 0. The summed E-state index contributed by atoms with van der Waals surface area (Å²) in [5.74, 6) is 0.174. The number of hydrogen-bond acceptors (Lipinski definition) is 3. The lowest BCUT2D eigenvalue weighted by Gasteiger charge is -2.41. The second-order valence-electron chi connectivity index (χ2n) is 4.83. The van der Waals surface area contributed by atoms with Gasteiger partial charge in [-0.3, -0.25) is 9.69 Å². The standard InChI is InChI=1S/C11H19N3O3/c1-12-6-7-14(10(15)8-12)9-2-4-13(5-3-9)11(16)17/h9H,2-8H2,1H3,(H,16,17). The fourth-order valence-corrected chi connectivity index (χ4v) is 2.56. The molecule has 0 aromatic carbocycles. The van der Waals surface area contributed by atoms with Crippen molar-refractivity contribution in [3.63, 3.8) is 0 Å². The number of carbonyl (C=O) groups excluding carboxylic acids is 1. The molecule has 0 bridgehead atoms. The summed E-state index contributed by atoms with van der Waals surface area (Å²) >= 11 is 0. The number of piperidine rings is 1. The highest BCUT2D eigenvalue weighted by molar-refractivity contribution is 5.79. The van der Waals surface area contributed by atoms with Gasteiger partial charge in [-0.05, 0) is 19.9 Å². The van der Waals surface area contributed by atoms with Gasteiger partial charge in [0.1, 0.15) is 0 Å². The zero-order chi connectivity index (χ0) is 12.4. The molecule has 6 heteroatoms. The number of carboxylic acid groups (broad SMARTS) is 1. The molecule has 1 N–H and O–H groups in total. The third-order valence-corrected chi connectivity index (χ3v) is 3.62. The monoisotopic (exact) mass is 241 g/mol. The fourth-order valence-electron chi connectivity index (χ4n) is 2.56. The van der Waals surface area contributed by atoms with E-state index in [0.29, 0.717) is 19.6 Å². The van der Waals surface area contributed by atoms with Crippen LogP contribution in [-0.4, -0.2) is 77.6 Å².